The Bertz CT molecular complexity index is 2620. The van der Waals surface area contributed by atoms with Crippen LogP contribution in [0.15, 0.2) is 78.4 Å². The third kappa shape index (κ3) is 6.09. The van der Waals surface area contributed by atoms with Gasteiger partial charge in [0.1, 0.15) is 34.6 Å². The zero-order chi connectivity index (χ0) is 35.5. The number of hydrogen-bond acceptors (Lipinski definition) is 10. The van der Waals surface area contributed by atoms with Gasteiger partial charge in [0.15, 0.2) is 11.2 Å². The first kappa shape index (κ1) is 33.0. The zero-order valence-electron chi connectivity index (χ0n) is 28.7. The van der Waals surface area contributed by atoms with Crippen molar-refractivity contribution in [3.05, 3.63) is 103 Å². The van der Waals surface area contributed by atoms with Crippen LogP contribution in [0.3, 0.4) is 0 Å². The second-order valence-corrected chi connectivity index (χ2v) is 16.1. The number of hydrogen-bond donors (Lipinski definition) is 4. The fourth-order valence-corrected chi connectivity index (χ4v) is 9.75. The molecular weight excluding hydrogens is 697 g/mol. The number of thiazole rings is 2. The molecule has 2 saturated heterocycles. The minimum Gasteiger partial charge on any atom is -0.507 e. The smallest absolute Gasteiger partial charge is 0.346 e. The fraction of sp³-hybridized carbons (Fsp3) is 0.300. The average Bonchev–Trinajstić information content (AvgIpc) is 3.91. The Kier molecular flexibility index (Phi) is 8.42. The van der Waals surface area contributed by atoms with E-state index >= 15 is 0 Å². The lowest BCUT2D eigenvalue weighted by Gasteiger charge is -2.24. The van der Waals surface area contributed by atoms with Gasteiger partial charge in [-0.2, -0.15) is 0 Å². The van der Waals surface area contributed by atoms with Crippen molar-refractivity contribution in [3.8, 4) is 32.6 Å². The Labute approximate surface area is 306 Å². The van der Waals surface area contributed by atoms with Crippen LogP contribution in [-0.4, -0.2) is 46.4 Å². The molecule has 2 atom stereocenters. The predicted molar refractivity (Wildman–Crippen MR) is 203 cm³/mol. The molecule has 4 aromatic heterocycles. The zero-order valence-corrected chi connectivity index (χ0v) is 30.3. The first-order valence-electron chi connectivity index (χ1n) is 17.9. The minimum atomic E-state index is -0.460. The van der Waals surface area contributed by atoms with Crippen LogP contribution in [0.4, 0.5) is 0 Å². The van der Waals surface area contributed by atoms with Crippen LogP contribution in [0.2, 0.25) is 0 Å². The maximum absolute atomic E-state index is 13.4. The van der Waals surface area contributed by atoms with Crippen LogP contribution in [0.1, 0.15) is 54.0 Å². The van der Waals surface area contributed by atoms with Gasteiger partial charge in [-0.3, -0.25) is 0 Å². The molecule has 6 heterocycles. The van der Waals surface area contributed by atoms with E-state index in [1.165, 1.54) is 57.3 Å². The molecule has 0 bridgehead atoms. The number of likely N-dealkylation sites (tertiary alicyclic amines) is 2. The van der Waals surface area contributed by atoms with Crippen LogP contribution < -0.4 is 21.1 Å². The van der Waals surface area contributed by atoms with E-state index in [0.717, 1.165) is 59.3 Å². The predicted octanol–water partition coefficient (Wildman–Crippen LogP) is 5.16. The van der Waals surface area contributed by atoms with E-state index < -0.39 is 11.3 Å². The quantitative estimate of drug-likeness (QED) is 0.165. The van der Waals surface area contributed by atoms with Crippen molar-refractivity contribution in [1.82, 2.24) is 9.97 Å². The Hall–Kier alpha value is -4.88. The van der Waals surface area contributed by atoms with Gasteiger partial charge >= 0.3 is 11.3 Å². The maximum atomic E-state index is 13.4. The molecule has 12 heteroatoms. The van der Waals surface area contributed by atoms with E-state index in [-0.39, 0.29) is 17.4 Å². The number of nitrogens with zero attached hydrogens (tertiary/aromatic N) is 2. The summed E-state index contributed by atoms with van der Waals surface area (Å²) < 4.78 is 12.8. The SMILES string of the molecule is Cc1csc(-c2cc3ccc(O)c(C[NH+]4CCC(c5ccc6sc(-c7cc8ccc(O)c(C[NH+]9CCCCC9)c8oc7=O)nc6c5)C4)c3oc2=O)n1. The number of quaternary nitrogens is 2. The number of nitrogens with one attached hydrogen (secondary N) is 2. The van der Waals surface area contributed by atoms with E-state index in [2.05, 4.69) is 23.2 Å². The summed E-state index contributed by atoms with van der Waals surface area (Å²) in [6.07, 6.45) is 4.53. The van der Waals surface area contributed by atoms with Gasteiger partial charge in [-0.25, -0.2) is 19.6 Å². The third-order valence-electron chi connectivity index (χ3n) is 10.7. The molecule has 0 radical (unpaired) electrons. The molecule has 7 aromatic rings. The molecule has 9 rings (SSSR count). The first-order valence-corrected chi connectivity index (χ1v) is 19.5. The standard InChI is InChI=1S/C40H36N4O6S2/c1-22-21-51-37(41-22)27-15-24-5-9-33(46)30(36(24)49-39(27)47)20-44-14-11-26(18-44)23-7-10-34-31(17-23)42-38(52-34)28-16-25-6-8-32(45)29(35(25)50-40(28)48)19-43-12-3-2-4-13-43/h5-10,15-17,21,26,45-46H,2-4,11-14,18-20H2,1H3/p+2. The van der Waals surface area contributed by atoms with E-state index in [1.54, 1.807) is 24.3 Å². The van der Waals surface area contributed by atoms with Gasteiger partial charge in [0.2, 0.25) is 0 Å². The van der Waals surface area contributed by atoms with Crippen molar-refractivity contribution < 1.29 is 28.8 Å². The number of aromatic hydroxyl groups is 2. The Balaban J connectivity index is 0.952. The van der Waals surface area contributed by atoms with Gasteiger partial charge in [-0.05, 0) is 80.3 Å². The van der Waals surface area contributed by atoms with Crippen LogP contribution in [0.25, 0.3) is 53.3 Å². The Morgan fingerprint density at radius 2 is 1.42 bits per heavy atom. The first-order chi connectivity index (χ1) is 25.3. The number of phenolic OH excluding ortho intramolecular Hbond substituents is 2. The number of piperidine rings is 1. The molecule has 2 aliphatic heterocycles. The summed E-state index contributed by atoms with van der Waals surface area (Å²) in [6.45, 7) is 6.89. The highest BCUT2D eigenvalue weighted by atomic mass is 32.1. The highest BCUT2D eigenvalue weighted by Crippen LogP contribution is 2.35. The van der Waals surface area contributed by atoms with Crippen LogP contribution in [-0.2, 0) is 13.1 Å². The van der Waals surface area contributed by atoms with Crippen LogP contribution >= 0.6 is 22.7 Å². The van der Waals surface area contributed by atoms with Gasteiger partial charge < -0.3 is 28.8 Å². The van der Waals surface area contributed by atoms with Crippen molar-refractivity contribution in [1.29, 1.82) is 0 Å². The lowest BCUT2D eigenvalue weighted by molar-refractivity contribution is -0.918. The van der Waals surface area contributed by atoms with Crippen molar-refractivity contribution in [2.45, 2.75) is 51.6 Å². The molecule has 0 spiro atoms. The Morgan fingerprint density at radius 3 is 2.08 bits per heavy atom. The van der Waals surface area contributed by atoms with Crippen molar-refractivity contribution >= 4 is 54.8 Å². The molecule has 0 saturated carbocycles. The van der Waals surface area contributed by atoms with Crippen LogP contribution in [0, 0.1) is 6.92 Å². The van der Waals surface area contributed by atoms with E-state index in [0.29, 0.717) is 56.5 Å². The number of aryl methyl sites for hydroxylation is 1. The molecule has 10 nitrogen and oxygen atoms in total. The summed E-state index contributed by atoms with van der Waals surface area (Å²) in [5.41, 5.74) is 5.01. The van der Waals surface area contributed by atoms with Crippen molar-refractivity contribution in [3.63, 3.8) is 0 Å². The molecule has 2 unspecified atom stereocenters. The molecule has 52 heavy (non-hydrogen) atoms. The highest BCUT2D eigenvalue weighted by Gasteiger charge is 2.30. The molecule has 0 aliphatic carbocycles. The normalized spacial score (nSPS) is 18.2. The maximum Gasteiger partial charge on any atom is 0.346 e. The van der Waals surface area contributed by atoms with E-state index in [9.17, 15) is 19.8 Å². The second-order valence-electron chi connectivity index (χ2n) is 14.3. The molecule has 0 amide bonds. The van der Waals surface area contributed by atoms with Gasteiger partial charge in [0, 0.05) is 34.2 Å². The average molecular weight is 735 g/mol. The molecule has 4 N–H and O–H groups in total. The fourth-order valence-electron chi connectivity index (χ4n) is 8.00. The minimum absolute atomic E-state index is 0.121. The van der Waals surface area contributed by atoms with Gasteiger partial charge in [0.05, 0.1) is 58.6 Å². The van der Waals surface area contributed by atoms with E-state index in [1.807, 2.05) is 24.4 Å². The summed E-state index contributed by atoms with van der Waals surface area (Å²) in [6, 6.07) is 17.0. The lowest BCUT2D eigenvalue weighted by atomic mass is 9.98. The number of rotatable bonds is 7. The van der Waals surface area contributed by atoms with Crippen molar-refractivity contribution in [2.75, 3.05) is 26.2 Å². The number of fused-ring (bicyclic) bond motifs is 3. The molecule has 2 aliphatic rings. The summed E-state index contributed by atoms with van der Waals surface area (Å²) in [5.74, 6) is 0.570. The highest BCUT2D eigenvalue weighted by molar-refractivity contribution is 7.21. The molecular formula is C40H38N4O6S2+2. The third-order valence-corrected chi connectivity index (χ3v) is 12.8. The molecule has 264 valence electrons. The number of aromatic nitrogens is 2. The lowest BCUT2D eigenvalue weighted by Crippen LogP contribution is -3.11. The number of benzene rings is 3. The number of phenols is 2. The molecule has 3 aromatic carbocycles. The topological polar surface area (TPSA) is 136 Å². The summed E-state index contributed by atoms with van der Waals surface area (Å²) >= 11 is 2.88. The van der Waals surface area contributed by atoms with Gasteiger partial charge in [-0.15, -0.1) is 22.7 Å². The summed E-state index contributed by atoms with van der Waals surface area (Å²) in [5, 5.41) is 26.3. The molecule has 2 fully saturated rings. The van der Waals surface area contributed by atoms with Crippen molar-refractivity contribution in [2.24, 2.45) is 0 Å². The van der Waals surface area contributed by atoms with Gasteiger partial charge in [0.25, 0.3) is 0 Å². The largest absolute Gasteiger partial charge is 0.507 e. The van der Waals surface area contributed by atoms with Gasteiger partial charge in [-0.1, -0.05) is 6.07 Å². The van der Waals surface area contributed by atoms with Crippen LogP contribution in [0.5, 0.6) is 11.5 Å². The second kappa shape index (κ2) is 13.3. The summed E-state index contributed by atoms with van der Waals surface area (Å²) in [7, 11) is 0. The monoisotopic (exact) mass is 734 g/mol. The summed E-state index contributed by atoms with van der Waals surface area (Å²) in [4.78, 5) is 38.5. The van der Waals surface area contributed by atoms with E-state index in [4.69, 9.17) is 13.8 Å². The Morgan fingerprint density at radius 1 is 0.769 bits per heavy atom.